The number of aromatic hydroxyl groups is 1. The molecule has 1 saturated heterocycles. The maximum atomic E-state index is 10.6. The van der Waals surface area contributed by atoms with Gasteiger partial charge in [0.15, 0.2) is 0 Å². The monoisotopic (exact) mass is 257 g/mol. The van der Waals surface area contributed by atoms with Crippen molar-refractivity contribution >= 4 is 16.7 Å². The molecule has 1 aliphatic rings. The number of nitrogens with one attached hydrogen (secondary N) is 1. The molecule has 3 heteroatoms. The number of benzene rings is 2. The molecule has 3 rings (SSSR count). The average molecular weight is 257 g/mol. The van der Waals surface area contributed by atoms with Crippen LogP contribution < -0.4 is 5.32 Å². The maximum absolute atomic E-state index is 10.6. The minimum Gasteiger partial charge on any atom is -0.507 e. The molecule has 2 aromatic carbocycles. The van der Waals surface area contributed by atoms with Crippen molar-refractivity contribution < 1.29 is 9.90 Å². The highest BCUT2D eigenvalue weighted by Gasteiger charge is 2.03. The fourth-order valence-electron chi connectivity index (χ4n) is 2.11. The van der Waals surface area contributed by atoms with Crippen molar-refractivity contribution in [2.75, 3.05) is 6.54 Å². The van der Waals surface area contributed by atoms with Gasteiger partial charge in [-0.3, -0.25) is 4.79 Å². The van der Waals surface area contributed by atoms with Crippen LogP contribution in [0.5, 0.6) is 5.75 Å². The summed E-state index contributed by atoms with van der Waals surface area (Å²) in [5, 5.41) is 14.2. The van der Waals surface area contributed by atoms with Crippen LogP contribution in [0.4, 0.5) is 0 Å². The summed E-state index contributed by atoms with van der Waals surface area (Å²) in [6.45, 7) is 0.888. The zero-order chi connectivity index (χ0) is 13.5. The molecule has 1 aliphatic heterocycles. The number of fused-ring (bicyclic) bond motifs is 1. The Hall–Kier alpha value is -2.03. The van der Waals surface area contributed by atoms with E-state index in [1.54, 1.807) is 6.07 Å². The summed E-state index contributed by atoms with van der Waals surface area (Å²) >= 11 is 0. The minimum absolute atomic E-state index is 0.225. The Balaban J connectivity index is 0.000000148. The molecule has 2 aromatic rings. The minimum atomic E-state index is 0.225. The summed E-state index contributed by atoms with van der Waals surface area (Å²) < 4.78 is 0. The van der Waals surface area contributed by atoms with Gasteiger partial charge in [-0.2, -0.15) is 0 Å². The van der Waals surface area contributed by atoms with E-state index < -0.39 is 0 Å². The fourth-order valence-corrected chi connectivity index (χ4v) is 2.11. The van der Waals surface area contributed by atoms with Crippen molar-refractivity contribution in [3.05, 3.63) is 42.5 Å². The Kier molecular flexibility index (Phi) is 4.78. The van der Waals surface area contributed by atoms with Crippen molar-refractivity contribution in [3.8, 4) is 5.75 Å². The molecule has 0 unspecified atom stereocenters. The molecule has 1 heterocycles. The van der Waals surface area contributed by atoms with Crippen LogP contribution in [0, 0.1) is 0 Å². The Morgan fingerprint density at radius 2 is 1.74 bits per heavy atom. The second kappa shape index (κ2) is 6.78. The van der Waals surface area contributed by atoms with Crippen LogP contribution in [0.1, 0.15) is 25.7 Å². The molecule has 0 radical (unpaired) electrons. The lowest BCUT2D eigenvalue weighted by atomic mass is 10.1. The number of rotatable bonds is 0. The first-order valence-electron chi connectivity index (χ1n) is 6.71. The molecule has 0 saturated carbocycles. The standard InChI is InChI=1S/C10H8O.C6H11NO/c11-10-7-3-5-8-4-1-2-6-9(8)10;8-6-4-2-1-3-5-7-6/h1-7,11H;1-5H2,(H,7,8). The second-order valence-electron chi connectivity index (χ2n) is 4.66. The molecule has 1 fully saturated rings. The van der Waals surface area contributed by atoms with Gasteiger partial charge in [0.25, 0.3) is 0 Å². The van der Waals surface area contributed by atoms with Crippen LogP contribution >= 0.6 is 0 Å². The van der Waals surface area contributed by atoms with Crippen LogP contribution in [-0.4, -0.2) is 17.6 Å². The highest BCUT2D eigenvalue weighted by molar-refractivity contribution is 5.87. The third kappa shape index (κ3) is 3.98. The largest absolute Gasteiger partial charge is 0.507 e. The van der Waals surface area contributed by atoms with E-state index in [0.29, 0.717) is 5.75 Å². The van der Waals surface area contributed by atoms with Gasteiger partial charge in [0.1, 0.15) is 5.75 Å². The van der Waals surface area contributed by atoms with Gasteiger partial charge in [-0.25, -0.2) is 0 Å². The van der Waals surface area contributed by atoms with E-state index in [9.17, 15) is 9.90 Å². The van der Waals surface area contributed by atoms with Crippen molar-refractivity contribution in [3.63, 3.8) is 0 Å². The van der Waals surface area contributed by atoms with Crippen LogP contribution in [-0.2, 0) is 4.79 Å². The number of amides is 1. The summed E-state index contributed by atoms with van der Waals surface area (Å²) in [5.41, 5.74) is 0. The topological polar surface area (TPSA) is 49.3 Å². The molecule has 0 bridgehead atoms. The number of carbonyl (C=O) groups excluding carboxylic acids is 1. The van der Waals surface area contributed by atoms with Gasteiger partial charge in [0.2, 0.25) is 5.91 Å². The first-order chi connectivity index (χ1) is 9.27. The van der Waals surface area contributed by atoms with E-state index in [1.165, 1.54) is 6.42 Å². The van der Waals surface area contributed by atoms with Crippen LogP contribution in [0.15, 0.2) is 42.5 Å². The molecule has 1 amide bonds. The normalized spacial score (nSPS) is 15.1. The lowest BCUT2D eigenvalue weighted by Crippen LogP contribution is -2.21. The molecule has 100 valence electrons. The lowest BCUT2D eigenvalue weighted by molar-refractivity contribution is -0.120. The summed E-state index contributed by atoms with van der Waals surface area (Å²) in [6.07, 6.45) is 4.18. The van der Waals surface area contributed by atoms with Crippen molar-refractivity contribution in [1.29, 1.82) is 0 Å². The molecule has 0 spiro atoms. The number of phenolic OH excluding ortho intramolecular Hbond substituents is 1. The molecule has 0 aliphatic carbocycles. The second-order valence-corrected chi connectivity index (χ2v) is 4.66. The van der Waals surface area contributed by atoms with Gasteiger partial charge in [-0.15, -0.1) is 0 Å². The Bertz CT molecular complexity index is 536. The van der Waals surface area contributed by atoms with Crippen molar-refractivity contribution in [2.24, 2.45) is 0 Å². The van der Waals surface area contributed by atoms with Crippen molar-refractivity contribution in [2.45, 2.75) is 25.7 Å². The summed E-state index contributed by atoms with van der Waals surface area (Å²) in [4.78, 5) is 10.6. The highest BCUT2D eigenvalue weighted by Crippen LogP contribution is 2.22. The molecular weight excluding hydrogens is 238 g/mol. The summed E-state index contributed by atoms with van der Waals surface area (Å²) in [5.74, 6) is 0.575. The van der Waals surface area contributed by atoms with Gasteiger partial charge in [-0.1, -0.05) is 42.8 Å². The number of carbonyl (C=O) groups is 1. The highest BCUT2D eigenvalue weighted by atomic mass is 16.3. The van der Waals surface area contributed by atoms with Crippen LogP contribution in [0.25, 0.3) is 10.8 Å². The quantitative estimate of drug-likeness (QED) is 0.761. The van der Waals surface area contributed by atoms with Gasteiger partial charge in [0, 0.05) is 18.4 Å². The van der Waals surface area contributed by atoms with Crippen molar-refractivity contribution in [1.82, 2.24) is 5.32 Å². The average Bonchev–Trinajstić information content (AvgIpc) is 2.68. The number of hydrogen-bond acceptors (Lipinski definition) is 2. The van der Waals surface area contributed by atoms with Gasteiger partial charge in [-0.05, 0) is 24.3 Å². The Morgan fingerprint density at radius 1 is 0.947 bits per heavy atom. The molecule has 0 aromatic heterocycles. The van der Waals surface area contributed by atoms with Gasteiger partial charge < -0.3 is 10.4 Å². The predicted molar refractivity (Wildman–Crippen MR) is 77.1 cm³/mol. The van der Waals surface area contributed by atoms with Gasteiger partial charge >= 0.3 is 0 Å². The van der Waals surface area contributed by atoms with E-state index in [0.717, 1.165) is 36.6 Å². The van der Waals surface area contributed by atoms with E-state index in [1.807, 2.05) is 36.4 Å². The third-order valence-corrected chi connectivity index (χ3v) is 3.17. The van der Waals surface area contributed by atoms with Gasteiger partial charge in [0.05, 0.1) is 0 Å². The zero-order valence-electron chi connectivity index (χ0n) is 10.9. The lowest BCUT2D eigenvalue weighted by Gasteiger charge is -1.97. The summed E-state index contributed by atoms with van der Waals surface area (Å²) in [7, 11) is 0. The molecular formula is C16H19NO2. The first kappa shape index (κ1) is 13.4. The molecule has 3 nitrogen and oxygen atoms in total. The molecule has 0 atom stereocenters. The van der Waals surface area contributed by atoms with E-state index in [2.05, 4.69) is 5.32 Å². The molecule has 2 N–H and O–H groups in total. The first-order valence-corrected chi connectivity index (χ1v) is 6.71. The van der Waals surface area contributed by atoms with E-state index in [-0.39, 0.29) is 5.91 Å². The van der Waals surface area contributed by atoms with E-state index >= 15 is 0 Å². The predicted octanol–water partition coefficient (Wildman–Crippen LogP) is 3.22. The third-order valence-electron chi connectivity index (χ3n) is 3.17. The van der Waals surface area contributed by atoms with Crippen LogP contribution in [0.2, 0.25) is 0 Å². The Morgan fingerprint density at radius 3 is 2.58 bits per heavy atom. The smallest absolute Gasteiger partial charge is 0.219 e. The zero-order valence-corrected chi connectivity index (χ0v) is 10.9. The molecule has 19 heavy (non-hydrogen) atoms. The van der Waals surface area contributed by atoms with Crippen LogP contribution in [0.3, 0.4) is 0 Å². The summed E-state index contributed by atoms with van der Waals surface area (Å²) in [6, 6.07) is 13.3. The number of phenols is 1. The number of hydrogen-bond donors (Lipinski definition) is 2. The van der Waals surface area contributed by atoms with E-state index in [4.69, 9.17) is 0 Å². The fraction of sp³-hybridized carbons (Fsp3) is 0.312. The Labute approximate surface area is 113 Å². The maximum Gasteiger partial charge on any atom is 0.219 e. The SMILES string of the molecule is O=C1CCCCCN1.Oc1cccc2ccccc12.